The molecule has 4 N–H and O–H groups in total. The Hall–Kier alpha value is -1.57. The first-order chi connectivity index (χ1) is 13.8. The first kappa shape index (κ1) is 26.5. The van der Waals surface area contributed by atoms with Crippen LogP contribution in [0.2, 0.25) is 19.1 Å². The Morgan fingerprint density at radius 3 is 2.27 bits per heavy atom. The number of hydrogen-bond donors (Lipinski definition) is 3. The van der Waals surface area contributed by atoms with Gasteiger partial charge in [0, 0.05) is 0 Å². The fraction of sp³-hybridized carbons (Fsp3) is 0.478. The summed E-state index contributed by atoms with van der Waals surface area (Å²) < 4.78 is 11.3. The molecule has 0 aliphatic heterocycles. The van der Waals surface area contributed by atoms with Crippen molar-refractivity contribution < 1.29 is 19.7 Å². The van der Waals surface area contributed by atoms with Gasteiger partial charge in [-0.3, -0.25) is 0 Å². The van der Waals surface area contributed by atoms with Gasteiger partial charge >= 0.3 is 0 Å². The van der Waals surface area contributed by atoms with Crippen molar-refractivity contribution in [3.63, 3.8) is 0 Å². The molecule has 7 heteroatoms. The van der Waals surface area contributed by atoms with Crippen LogP contribution in [0.25, 0.3) is 0 Å². The molecule has 0 fully saturated rings. The van der Waals surface area contributed by atoms with Gasteiger partial charge in [0.1, 0.15) is 11.5 Å². The molecule has 0 amide bonds. The van der Waals surface area contributed by atoms with Gasteiger partial charge in [0.05, 0.1) is 40.5 Å². The zero-order valence-corrected chi connectivity index (χ0v) is 20.1. The topological polar surface area (TPSA) is 84.9 Å². The van der Waals surface area contributed by atoms with Crippen LogP contribution < -0.4 is 20.4 Å². The van der Waals surface area contributed by atoms with Gasteiger partial charge in [0.2, 0.25) is 0 Å². The first-order valence-electron chi connectivity index (χ1n) is 10.2. The minimum atomic E-state index is -1.52. The molecule has 0 saturated carbocycles. The SMILES string of the molecule is COc1cccc([Si](C)(C)CCCOc2ccc(CCC(N)(CO)CO)cc2)c1.Cl. The maximum atomic E-state index is 9.28. The van der Waals surface area contributed by atoms with Crippen molar-refractivity contribution >= 4 is 25.7 Å². The summed E-state index contributed by atoms with van der Waals surface area (Å²) in [6.07, 6.45) is 2.25. The molecule has 0 bridgehead atoms. The van der Waals surface area contributed by atoms with Gasteiger partial charge < -0.3 is 25.4 Å². The predicted molar refractivity (Wildman–Crippen MR) is 128 cm³/mol. The standard InChI is InChI=1S/C23H35NO4Si.ClH/c1-27-21-6-4-7-22(16-21)29(2,3)15-5-14-28-20-10-8-19(9-11-20)12-13-23(24,17-25)18-26;/h4,6-11,16,25-26H,5,12-15,17-18,24H2,1-3H3;1H. The number of aliphatic hydroxyl groups excluding tert-OH is 2. The largest absolute Gasteiger partial charge is 0.497 e. The van der Waals surface area contributed by atoms with Crippen molar-refractivity contribution in [3.05, 3.63) is 54.1 Å². The van der Waals surface area contributed by atoms with E-state index < -0.39 is 13.6 Å². The first-order valence-corrected chi connectivity index (χ1v) is 13.4. The number of halogens is 1. The van der Waals surface area contributed by atoms with E-state index in [0.717, 1.165) is 29.5 Å². The van der Waals surface area contributed by atoms with Crippen LogP contribution in [-0.2, 0) is 6.42 Å². The molecule has 0 radical (unpaired) electrons. The van der Waals surface area contributed by atoms with E-state index in [1.165, 1.54) is 5.19 Å². The molecule has 0 unspecified atom stereocenters. The average Bonchev–Trinajstić information content (AvgIpc) is 2.76. The Bertz CT molecular complexity index is 751. The van der Waals surface area contributed by atoms with Gasteiger partial charge in [-0.15, -0.1) is 12.4 Å². The molecule has 0 spiro atoms. The smallest absolute Gasteiger partial charge is 0.119 e. The van der Waals surface area contributed by atoms with Crippen molar-refractivity contribution in [2.24, 2.45) is 5.73 Å². The van der Waals surface area contributed by atoms with Crippen molar-refractivity contribution in [3.8, 4) is 11.5 Å². The molecule has 2 rings (SSSR count). The Labute approximate surface area is 187 Å². The number of methoxy groups -OCH3 is 1. The van der Waals surface area contributed by atoms with Crippen LogP contribution >= 0.6 is 12.4 Å². The maximum absolute atomic E-state index is 9.28. The Balaban J connectivity index is 0.00000450. The van der Waals surface area contributed by atoms with Crippen molar-refractivity contribution in [1.82, 2.24) is 0 Å². The molecule has 0 aliphatic carbocycles. The minimum absolute atomic E-state index is 0. The molecule has 0 aliphatic rings. The van der Waals surface area contributed by atoms with E-state index in [-0.39, 0.29) is 25.6 Å². The van der Waals surface area contributed by atoms with Crippen molar-refractivity contribution in [1.29, 1.82) is 0 Å². The lowest BCUT2D eigenvalue weighted by atomic mass is 9.94. The predicted octanol–water partition coefficient (Wildman–Crippen LogP) is 3.12. The van der Waals surface area contributed by atoms with E-state index in [1.807, 2.05) is 30.3 Å². The number of aliphatic hydroxyl groups is 2. The maximum Gasteiger partial charge on any atom is 0.119 e. The van der Waals surface area contributed by atoms with Crippen LogP contribution in [0.5, 0.6) is 11.5 Å². The molecule has 5 nitrogen and oxygen atoms in total. The number of nitrogens with two attached hydrogens (primary N) is 1. The van der Waals surface area contributed by atoms with E-state index >= 15 is 0 Å². The molecule has 0 saturated heterocycles. The monoisotopic (exact) mass is 453 g/mol. The van der Waals surface area contributed by atoms with Crippen molar-refractivity contribution in [2.45, 2.75) is 43.9 Å². The highest BCUT2D eigenvalue weighted by molar-refractivity contribution is 6.89. The second kappa shape index (κ2) is 12.3. The molecule has 2 aromatic rings. The third-order valence-corrected chi connectivity index (χ3v) is 9.01. The van der Waals surface area contributed by atoms with Crippen LogP contribution in [-0.4, -0.2) is 50.8 Å². The zero-order chi connectivity index (χ0) is 21.3. The third-order valence-electron chi connectivity index (χ3n) is 5.53. The number of ether oxygens (including phenoxy) is 2. The van der Waals surface area contributed by atoms with E-state index in [0.29, 0.717) is 19.4 Å². The quantitative estimate of drug-likeness (QED) is 0.339. The summed E-state index contributed by atoms with van der Waals surface area (Å²) in [5, 5.41) is 20.0. The summed E-state index contributed by atoms with van der Waals surface area (Å²) in [5.74, 6) is 1.78. The number of rotatable bonds is 12. The van der Waals surface area contributed by atoms with Gasteiger partial charge in [-0.05, 0) is 49.1 Å². The minimum Gasteiger partial charge on any atom is -0.497 e. The number of benzene rings is 2. The highest BCUT2D eigenvalue weighted by atomic mass is 35.5. The molecule has 0 heterocycles. The molecule has 168 valence electrons. The summed E-state index contributed by atoms with van der Waals surface area (Å²) in [5.41, 5.74) is 6.11. The normalized spacial score (nSPS) is 11.7. The fourth-order valence-corrected chi connectivity index (χ4v) is 5.64. The Morgan fingerprint density at radius 1 is 1.00 bits per heavy atom. The van der Waals surface area contributed by atoms with E-state index in [9.17, 15) is 10.2 Å². The molecule has 30 heavy (non-hydrogen) atoms. The fourth-order valence-electron chi connectivity index (χ4n) is 3.25. The lowest BCUT2D eigenvalue weighted by molar-refractivity contribution is 0.115. The highest BCUT2D eigenvalue weighted by Gasteiger charge is 2.24. The molecule has 2 aromatic carbocycles. The van der Waals surface area contributed by atoms with Crippen LogP contribution in [0.3, 0.4) is 0 Å². The van der Waals surface area contributed by atoms with Gasteiger partial charge in [-0.2, -0.15) is 0 Å². The highest BCUT2D eigenvalue weighted by Crippen LogP contribution is 2.19. The molecule has 0 aromatic heterocycles. The summed E-state index contributed by atoms with van der Waals surface area (Å²) in [6.45, 7) is 5.01. The Morgan fingerprint density at radius 2 is 1.67 bits per heavy atom. The van der Waals surface area contributed by atoms with Gasteiger partial charge in [-0.25, -0.2) is 0 Å². The lowest BCUT2D eigenvalue weighted by Crippen LogP contribution is -2.47. The van der Waals surface area contributed by atoms with Crippen LogP contribution in [0.15, 0.2) is 48.5 Å². The van der Waals surface area contributed by atoms with E-state index in [4.69, 9.17) is 15.2 Å². The van der Waals surface area contributed by atoms with Gasteiger partial charge in [0.15, 0.2) is 0 Å². The molecule has 0 atom stereocenters. The van der Waals surface area contributed by atoms with Crippen molar-refractivity contribution in [2.75, 3.05) is 26.9 Å². The second-order valence-electron chi connectivity index (χ2n) is 8.39. The Kier molecular flexibility index (Phi) is 10.9. The summed E-state index contributed by atoms with van der Waals surface area (Å²) in [7, 11) is 0.184. The van der Waals surface area contributed by atoms with E-state index in [2.05, 4.69) is 31.3 Å². The van der Waals surface area contributed by atoms with Crippen LogP contribution in [0.1, 0.15) is 18.4 Å². The average molecular weight is 454 g/mol. The number of aryl methyl sites for hydroxylation is 1. The van der Waals surface area contributed by atoms with E-state index in [1.54, 1.807) is 7.11 Å². The summed E-state index contributed by atoms with van der Waals surface area (Å²) in [6, 6.07) is 17.5. The summed E-state index contributed by atoms with van der Waals surface area (Å²) in [4.78, 5) is 0. The second-order valence-corrected chi connectivity index (χ2v) is 13.2. The zero-order valence-electron chi connectivity index (χ0n) is 18.3. The van der Waals surface area contributed by atoms with Gasteiger partial charge in [0.25, 0.3) is 0 Å². The van der Waals surface area contributed by atoms with Gasteiger partial charge in [-0.1, -0.05) is 48.6 Å². The molecular formula is C23H36ClNO4Si. The van der Waals surface area contributed by atoms with Crippen LogP contribution in [0, 0.1) is 0 Å². The summed E-state index contributed by atoms with van der Waals surface area (Å²) >= 11 is 0. The lowest BCUT2D eigenvalue weighted by Gasteiger charge is -2.24. The number of hydrogen-bond acceptors (Lipinski definition) is 5. The van der Waals surface area contributed by atoms with Crippen LogP contribution in [0.4, 0.5) is 0 Å². The third kappa shape index (κ3) is 7.93. The molecular weight excluding hydrogens is 418 g/mol.